The number of β-amino-alcohol motifs (C(OH)–C–C–N with tert-alkyl or cyclic N) is 1. The van der Waals surface area contributed by atoms with Gasteiger partial charge in [0.2, 0.25) is 0 Å². The van der Waals surface area contributed by atoms with E-state index >= 15 is 0 Å². The number of carbonyl (C=O) groups is 2. The minimum atomic E-state index is -0.796. The van der Waals surface area contributed by atoms with Gasteiger partial charge in [-0.3, -0.25) is 14.7 Å². The Kier molecular flexibility index (Phi) is 6.64. The summed E-state index contributed by atoms with van der Waals surface area (Å²) in [5.74, 6) is 0.0247. The van der Waals surface area contributed by atoms with E-state index in [1.807, 2.05) is 17.0 Å². The minimum absolute atomic E-state index is 0.0247. The second-order valence-electron chi connectivity index (χ2n) is 11.4. The number of carbonyl (C=O) groups excluding carboxylic acids is 2. The first-order valence-electron chi connectivity index (χ1n) is 13.2. The lowest BCUT2D eigenvalue weighted by Crippen LogP contribution is -2.59. The average molecular weight is 491 g/mol. The molecule has 3 fully saturated rings. The van der Waals surface area contributed by atoms with E-state index < -0.39 is 5.60 Å². The second kappa shape index (κ2) is 9.60. The Labute approximate surface area is 214 Å². The Balaban J connectivity index is 1.37. The summed E-state index contributed by atoms with van der Waals surface area (Å²) in [6.45, 7) is 1.01. The number of pyridine rings is 1. The van der Waals surface area contributed by atoms with Crippen molar-refractivity contribution in [1.82, 2.24) is 19.7 Å². The van der Waals surface area contributed by atoms with Crippen LogP contribution in [0.2, 0.25) is 0 Å². The summed E-state index contributed by atoms with van der Waals surface area (Å²) in [6.07, 6.45) is 9.66. The highest BCUT2D eigenvalue weighted by molar-refractivity contribution is 5.88. The summed E-state index contributed by atoms with van der Waals surface area (Å²) in [5.41, 5.74) is 0.984. The summed E-state index contributed by atoms with van der Waals surface area (Å²) < 4.78 is 0. The molecular weight excluding hydrogens is 452 g/mol. The van der Waals surface area contributed by atoms with Gasteiger partial charge in [0.05, 0.1) is 24.2 Å². The summed E-state index contributed by atoms with van der Waals surface area (Å²) in [6, 6.07) is 14.2. The Morgan fingerprint density at radius 2 is 1.67 bits per heavy atom. The zero-order valence-corrected chi connectivity index (χ0v) is 21.5. The number of aliphatic hydroxyl groups is 1. The highest BCUT2D eigenvalue weighted by Crippen LogP contribution is 2.50. The van der Waals surface area contributed by atoms with Gasteiger partial charge in [-0.05, 0) is 82.3 Å². The predicted molar refractivity (Wildman–Crippen MR) is 138 cm³/mol. The van der Waals surface area contributed by atoms with E-state index in [-0.39, 0.29) is 29.4 Å². The van der Waals surface area contributed by atoms with Crippen LogP contribution >= 0.6 is 0 Å². The van der Waals surface area contributed by atoms with Gasteiger partial charge in [-0.15, -0.1) is 0 Å². The van der Waals surface area contributed by atoms with Crippen LogP contribution in [0.5, 0.6) is 0 Å². The summed E-state index contributed by atoms with van der Waals surface area (Å²) in [4.78, 5) is 36.7. The fraction of sp³-hybridized carbons (Fsp3) is 0.552. The molecular formula is C29H38N4O3. The largest absolute Gasteiger partial charge is 0.388 e. The third kappa shape index (κ3) is 4.55. The molecule has 1 aromatic heterocycles. The molecule has 7 nitrogen and oxygen atoms in total. The number of ketones is 1. The number of nitrogens with zero attached hydrogens (tertiary/aromatic N) is 4. The number of Topliss-reactive ketones (excluding diaryl/α,β-unsaturated/α-hetero) is 1. The van der Waals surface area contributed by atoms with Crippen molar-refractivity contribution in [3.8, 4) is 0 Å². The van der Waals surface area contributed by atoms with Crippen molar-refractivity contribution in [2.24, 2.45) is 0 Å². The SMILES string of the molecule is CN(C)C1(c2ccccc2)CCC2(CC1)CN(CC(=O)Cc1ccncc1)C(=O)N2CC1(O)CCC1. The Hall–Kier alpha value is -2.77. The molecule has 2 saturated carbocycles. The van der Waals surface area contributed by atoms with E-state index in [1.54, 1.807) is 17.3 Å². The van der Waals surface area contributed by atoms with E-state index in [0.29, 0.717) is 19.5 Å². The van der Waals surface area contributed by atoms with Crippen LogP contribution in [0.25, 0.3) is 0 Å². The molecule has 2 aromatic rings. The van der Waals surface area contributed by atoms with Gasteiger partial charge >= 0.3 is 6.03 Å². The first-order chi connectivity index (χ1) is 17.3. The summed E-state index contributed by atoms with van der Waals surface area (Å²) in [7, 11) is 4.29. The molecule has 0 atom stereocenters. The van der Waals surface area contributed by atoms with Gasteiger partial charge in [0.25, 0.3) is 0 Å². The highest BCUT2D eigenvalue weighted by Gasteiger charge is 2.56. The van der Waals surface area contributed by atoms with Gasteiger partial charge in [-0.2, -0.15) is 0 Å². The average Bonchev–Trinajstić information content (AvgIpc) is 3.09. The lowest BCUT2D eigenvalue weighted by Gasteiger charge is -2.52. The number of hydrogen-bond donors (Lipinski definition) is 1. The zero-order valence-electron chi connectivity index (χ0n) is 21.5. The first kappa shape index (κ1) is 24.9. The van der Waals surface area contributed by atoms with Gasteiger partial charge in [0, 0.05) is 30.9 Å². The van der Waals surface area contributed by atoms with Crippen molar-refractivity contribution >= 4 is 11.8 Å². The normalized spacial score (nSPS) is 27.5. The molecule has 36 heavy (non-hydrogen) atoms. The molecule has 1 N–H and O–H groups in total. The molecule has 3 aliphatic rings. The standard InChI is InChI=1S/C29H38N4O3/c1-31(2)29(24-7-4-3-5-8-24)15-13-27(14-16-29)21-32(20-25(34)19-23-9-17-30-18-10-23)26(35)33(27)22-28(36)11-6-12-28/h3-5,7-10,17-18,36H,6,11-16,19-22H2,1-2H3. The molecule has 2 amide bonds. The fourth-order valence-corrected chi connectivity index (χ4v) is 6.57. The van der Waals surface area contributed by atoms with E-state index in [0.717, 1.165) is 50.5 Å². The van der Waals surface area contributed by atoms with Crippen molar-refractivity contribution in [3.05, 3.63) is 66.0 Å². The zero-order chi connectivity index (χ0) is 25.4. The number of benzene rings is 1. The Morgan fingerprint density at radius 1 is 1.00 bits per heavy atom. The molecule has 0 radical (unpaired) electrons. The Bertz CT molecular complexity index is 1080. The van der Waals surface area contributed by atoms with Crippen LogP contribution in [0.3, 0.4) is 0 Å². The molecule has 0 unspecified atom stereocenters. The maximum absolute atomic E-state index is 13.7. The van der Waals surface area contributed by atoms with Crippen LogP contribution in [-0.4, -0.2) is 81.5 Å². The minimum Gasteiger partial charge on any atom is -0.388 e. The van der Waals surface area contributed by atoms with Crippen LogP contribution in [0.1, 0.15) is 56.1 Å². The maximum atomic E-state index is 13.7. The first-order valence-corrected chi connectivity index (χ1v) is 13.2. The van der Waals surface area contributed by atoms with E-state index in [1.165, 1.54) is 5.56 Å². The van der Waals surface area contributed by atoms with Crippen molar-refractivity contribution in [2.75, 3.05) is 33.7 Å². The molecule has 1 spiro atoms. The van der Waals surface area contributed by atoms with Gasteiger partial charge in [0.15, 0.2) is 5.78 Å². The van der Waals surface area contributed by atoms with Gasteiger partial charge in [-0.25, -0.2) is 4.79 Å². The number of aromatic nitrogens is 1. The molecule has 1 aliphatic heterocycles. The van der Waals surface area contributed by atoms with Crippen LogP contribution in [0, 0.1) is 0 Å². The van der Waals surface area contributed by atoms with Crippen LogP contribution in [-0.2, 0) is 16.8 Å². The maximum Gasteiger partial charge on any atom is 0.321 e. The van der Waals surface area contributed by atoms with Crippen LogP contribution in [0.15, 0.2) is 54.9 Å². The molecule has 1 aromatic carbocycles. The van der Waals surface area contributed by atoms with Gasteiger partial charge in [-0.1, -0.05) is 30.3 Å². The number of urea groups is 1. The van der Waals surface area contributed by atoms with Crippen molar-refractivity contribution in [2.45, 2.75) is 68.0 Å². The smallest absolute Gasteiger partial charge is 0.321 e. The van der Waals surface area contributed by atoms with Crippen molar-refractivity contribution < 1.29 is 14.7 Å². The lowest BCUT2D eigenvalue weighted by molar-refractivity contribution is -0.119. The van der Waals surface area contributed by atoms with Gasteiger partial charge in [0.1, 0.15) is 0 Å². The monoisotopic (exact) mass is 490 g/mol. The number of hydrogen-bond acceptors (Lipinski definition) is 5. The molecule has 7 heteroatoms. The number of rotatable bonds is 8. The summed E-state index contributed by atoms with van der Waals surface area (Å²) >= 11 is 0. The molecule has 2 aliphatic carbocycles. The highest BCUT2D eigenvalue weighted by atomic mass is 16.3. The quantitative estimate of drug-likeness (QED) is 0.612. The van der Waals surface area contributed by atoms with E-state index in [9.17, 15) is 14.7 Å². The molecule has 192 valence electrons. The summed E-state index contributed by atoms with van der Waals surface area (Å²) in [5, 5.41) is 11.0. The van der Waals surface area contributed by atoms with E-state index in [4.69, 9.17) is 0 Å². The Morgan fingerprint density at radius 3 is 2.25 bits per heavy atom. The fourth-order valence-electron chi connectivity index (χ4n) is 6.57. The lowest BCUT2D eigenvalue weighted by atomic mass is 9.67. The molecule has 2 heterocycles. The molecule has 5 rings (SSSR count). The van der Waals surface area contributed by atoms with Crippen molar-refractivity contribution in [1.29, 1.82) is 0 Å². The predicted octanol–water partition coefficient (Wildman–Crippen LogP) is 3.62. The van der Waals surface area contributed by atoms with E-state index in [2.05, 4.69) is 54.3 Å². The van der Waals surface area contributed by atoms with Crippen LogP contribution in [0.4, 0.5) is 4.79 Å². The van der Waals surface area contributed by atoms with Gasteiger partial charge < -0.3 is 14.9 Å². The van der Waals surface area contributed by atoms with Crippen molar-refractivity contribution in [3.63, 3.8) is 0 Å². The topological polar surface area (TPSA) is 77.0 Å². The number of amides is 2. The molecule has 1 saturated heterocycles. The second-order valence-corrected chi connectivity index (χ2v) is 11.4. The molecule has 0 bridgehead atoms. The third-order valence-electron chi connectivity index (χ3n) is 8.99. The van der Waals surface area contributed by atoms with Crippen LogP contribution < -0.4 is 0 Å². The third-order valence-corrected chi connectivity index (χ3v) is 8.99.